The molecule has 0 bridgehead atoms. The molecule has 1 aromatic heterocycles. The van der Waals surface area contributed by atoms with Crippen LogP contribution in [0.4, 0.5) is 5.69 Å². The lowest BCUT2D eigenvalue weighted by atomic mass is 10.1. The van der Waals surface area contributed by atoms with Crippen LogP contribution in [0, 0.1) is 10.1 Å². The predicted molar refractivity (Wildman–Crippen MR) is 81.2 cm³/mol. The molecular formula is C14H17ClN4O2. The number of nitro groups is 1. The Hall–Kier alpha value is -1.92. The van der Waals surface area contributed by atoms with Gasteiger partial charge in [0.2, 0.25) is 0 Å². The number of nitro benzene ring substituents is 1. The van der Waals surface area contributed by atoms with E-state index in [-0.39, 0.29) is 5.69 Å². The third kappa shape index (κ3) is 3.80. The van der Waals surface area contributed by atoms with E-state index in [0.717, 1.165) is 17.7 Å². The first-order valence-electron chi connectivity index (χ1n) is 6.66. The summed E-state index contributed by atoms with van der Waals surface area (Å²) in [6.45, 7) is 3.04. The van der Waals surface area contributed by atoms with Crippen molar-refractivity contribution in [2.75, 3.05) is 0 Å². The topological polar surface area (TPSA) is 73.0 Å². The van der Waals surface area contributed by atoms with Crippen molar-refractivity contribution in [3.8, 4) is 0 Å². The minimum absolute atomic E-state index is 0.0776. The Balaban J connectivity index is 2.06. The highest BCUT2D eigenvalue weighted by Gasteiger charge is 2.14. The van der Waals surface area contributed by atoms with Gasteiger partial charge in [0, 0.05) is 48.5 Å². The van der Waals surface area contributed by atoms with Gasteiger partial charge in [-0.1, -0.05) is 18.5 Å². The molecule has 21 heavy (non-hydrogen) atoms. The lowest BCUT2D eigenvalue weighted by Crippen LogP contribution is -2.14. The van der Waals surface area contributed by atoms with Crippen LogP contribution in [-0.2, 0) is 26.6 Å². The Kier molecular flexibility index (Phi) is 4.93. The highest BCUT2D eigenvalue weighted by molar-refractivity contribution is 6.30. The zero-order valence-corrected chi connectivity index (χ0v) is 12.7. The van der Waals surface area contributed by atoms with E-state index in [2.05, 4.69) is 10.4 Å². The summed E-state index contributed by atoms with van der Waals surface area (Å²) in [4.78, 5) is 10.6. The second-order valence-electron chi connectivity index (χ2n) is 4.76. The van der Waals surface area contributed by atoms with E-state index in [9.17, 15) is 10.1 Å². The summed E-state index contributed by atoms with van der Waals surface area (Å²) >= 11 is 5.90. The number of nitrogens with one attached hydrogen (secondary N) is 1. The molecule has 0 aliphatic carbocycles. The third-order valence-corrected chi connectivity index (χ3v) is 3.43. The van der Waals surface area contributed by atoms with Gasteiger partial charge in [0.25, 0.3) is 5.69 Å². The zero-order valence-electron chi connectivity index (χ0n) is 12.0. The van der Waals surface area contributed by atoms with Crippen LogP contribution in [0.15, 0.2) is 24.4 Å². The fourth-order valence-corrected chi connectivity index (χ4v) is 2.43. The van der Waals surface area contributed by atoms with E-state index in [1.807, 2.05) is 20.2 Å². The molecule has 0 spiro atoms. The van der Waals surface area contributed by atoms with Crippen LogP contribution in [0.2, 0.25) is 5.02 Å². The number of hydrogen-bond donors (Lipinski definition) is 1. The minimum Gasteiger partial charge on any atom is -0.308 e. The molecule has 0 aliphatic heterocycles. The number of nitrogens with zero attached hydrogens (tertiary/aromatic N) is 3. The number of benzene rings is 1. The summed E-state index contributed by atoms with van der Waals surface area (Å²) in [7, 11) is 1.88. The summed E-state index contributed by atoms with van der Waals surface area (Å²) in [5, 5.41) is 19.1. The van der Waals surface area contributed by atoms with Crippen LogP contribution in [0.1, 0.15) is 23.7 Å². The van der Waals surface area contributed by atoms with Crippen LogP contribution < -0.4 is 5.32 Å². The maximum Gasteiger partial charge on any atom is 0.273 e. The van der Waals surface area contributed by atoms with Gasteiger partial charge in [-0.3, -0.25) is 14.8 Å². The van der Waals surface area contributed by atoms with Crippen molar-refractivity contribution in [3.05, 3.63) is 56.4 Å². The van der Waals surface area contributed by atoms with E-state index in [1.165, 1.54) is 12.1 Å². The summed E-state index contributed by atoms with van der Waals surface area (Å²) in [6, 6.07) is 4.58. The van der Waals surface area contributed by atoms with Crippen LogP contribution in [-0.4, -0.2) is 14.7 Å². The number of aromatic nitrogens is 2. The molecule has 0 amide bonds. The highest BCUT2D eigenvalue weighted by Crippen LogP contribution is 2.22. The molecule has 1 heterocycles. The van der Waals surface area contributed by atoms with Crippen molar-refractivity contribution >= 4 is 17.3 Å². The standard InChI is InChI=1S/C14H17ClN4O2/c1-3-13-11(9-18(2)17-13)8-16-7-10-6-12(15)4-5-14(10)19(20)21/h4-6,9,16H,3,7-8H2,1-2H3. The van der Waals surface area contributed by atoms with Crippen LogP contribution in [0.5, 0.6) is 0 Å². The number of hydrogen-bond acceptors (Lipinski definition) is 4. The second kappa shape index (κ2) is 6.69. The average molecular weight is 309 g/mol. The molecule has 1 N–H and O–H groups in total. The fraction of sp³-hybridized carbons (Fsp3) is 0.357. The van der Waals surface area contributed by atoms with Gasteiger partial charge in [-0.15, -0.1) is 0 Å². The van der Waals surface area contributed by atoms with Gasteiger partial charge in [-0.2, -0.15) is 5.10 Å². The van der Waals surface area contributed by atoms with Gasteiger partial charge in [0.15, 0.2) is 0 Å². The molecule has 0 radical (unpaired) electrons. The zero-order chi connectivity index (χ0) is 15.4. The van der Waals surface area contributed by atoms with Crippen molar-refractivity contribution in [1.82, 2.24) is 15.1 Å². The normalized spacial score (nSPS) is 10.8. The lowest BCUT2D eigenvalue weighted by Gasteiger charge is -2.06. The predicted octanol–water partition coefficient (Wildman–Crippen LogP) is 2.83. The van der Waals surface area contributed by atoms with E-state index >= 15 is 0 Å². The van der Waals surface area contributed by atoms with E-state index in [4.69, 9.17) is 11.6 Å². The van der Waals surface area contributed by atoms with Crippen molar-refractivity contribution in [1.29, 1.82) is 0 Å². The van der Waals surface area contributed by atoms with Gasteiger partial charge in [0.05, 0.1) is 10.6 Å². The maximum absolute atomic E-state index is 11.0. The summed E-state index contributed by atoms with van der Waals surface area (Å²) < 4.78 is 1.78. The summed E-state index contributed by atoms with van der Waals surface area (Å²) in [5.41, 5.74) is 2.79. The fourth-order valence-electron chi connectivity index (χ4n) is 2.23. The Labute approximate surface area is 127 Å². The summed E-state index contributed by atoms with van der Waals surface area (Å²) in [5.74, 6) is 0. The van der Waals surface area contributed by atoms with Crippen LogP contribution >= 0.6 is 11.6 Å². The first-order chi connectivity index (χ1) is 10.0. The van der Waals surface area contributed by atoms with E-state index in [1.54, 1.807) is 10.7 Å². The molecule has 6 nitrogen and oxygen atoms in total. The molecule has 1 aromatic carbocycles. The molecule has 0 unspecified atom stereocenters. The third-order valence-electron chi connectivity index (χ3n) is 3.20. The average Bonchev–Trinajstić information content (AvgIpc) is 2.79. The molecule has 0 saturated heterocycles. The van der Waals surface area contributed by atoms with Gasteiger partial charge in [0.1, 0.15) is 0 Å². The Morgan fingerprint density at radius 3 is 2.76 bits per heavy atom. The highest BCUT2D eigenvalue weighted by atomic mass is 35.5. The smallest absolute Gasteiger partial charge is 0.273 e. The van der Waals surface area contributed by atoms with Gasteiger partial charge in [-0.25, -0.2) is 0 Å². The number of rotatable bonds is 6. The molecule has 0 saturated carbocycles. The molecule has 0 aliphatic rings. The van der Waals surface area contributed by atoms with E-state index in [0.29, 0.717) is 23.7 Å². The maximum atomic E-state index is 11.0. The molecule has 0 atom stereocenters. The molecule has 0 fully saturated rings. The summed E-state index contributed by atoms with van der Waals surface area (Å²) in [6.07, 6.45) is 2.81. The second-order valence-corrected chi connectivity index (χ2v) is 5.20. The Bertz CT molecular complexity index is 654. The molecular weight excluding hydrogens is 292 g/mol. The van der Waals surface area contributed by atoms with Crippen molar-refractivity contribution in [2.24, 2.45) is 7.05 Å². The monoisotopic (exact) mass is 308 g/mol. The van der Waals surface area contributed by atoms with Gasteiger partial charge >= 0.3 is 0 Å². The number of aryl methyl sites for hydroxylation is 2. The van der Waals surface area contributed by atoms with Gasteiger partial charge < -0.3 is 5.32 Å². The molecule has 2 rings (SSSR count). The Morgan fingerprint density at radius 1 is 1.38 bits per heavy atom. The SMILES string of the molecule is CCc1nn(C)cc1CNCc1cc(Cl)ccc1[N+](=O)[O-]. The van der Waals surface area contributed by atoms with Crippen LogP contribution in [0.3, 0.4) is 0 Å². The largest absolute Gasteiger partial charge is 0.308 e. The van der Waals surface area contributed by atoms with Gasteiger partial charge in [-0.05, 0) is 18.6 Å². The molecule has 112 valence electrons. The number of halogens is 1. The van der Waals surface area contributed by atoms with Crippen molar-refractivity contribution in [3.63, 3.8) is 0 Å². The lowest BCUT2D eigenvalue weighted by molar-refractivity contribution is -0.385. The van der Waals surface area contributed by atoms with Crippen molar-refractivity contribution < 1.29 is 4.92 Å². The first kappa shape index (κ1) is 15.5. The molecule has 2 aromatic rings. The quantitative estimate of drug-likeness (QED) is 0.658. The van der Waals surface area contributed by atoms with Crippen molar-refractivity contribution in [2.45, 2.75) is 26.4 Å². The van der Waals surface area contributed by atoms with Crippen LogP contribution in [0.25, 0.3) is 0 Å². The minimum atomic E-state index is -0.394. The molecule has 7 heteroatoms. The Morgan fingerprint density at radius 2 is 2.10 bits per heavy atom. The first-order valence-corrected chi connectivity index (χ1v) is 7.04. The van der Waals surface area contributed by atoms with E-state index < -0.39 is 4.92 Å².